The van der Waals surface area contributed by atoms with Gasteiger partial charge in [-0.1, -0.05) is 36.4 Å². The van der Waals surface area contributed by atoms with Gasteiger partial charge in [-0.15, -0.1) is 0 Å². The van der Waals surface area contributed by atoms with Crippen molar-refractivity contribution in [3.8, 4) is 11.5 Å². The lowest BCUT2D eigenvalue weighted by Crippen LogP contribution is -2.45. The lowest BCUT2D eigenvalue weighted by atomic mass is 10.2. The van der Waals surface area contributed by atoms with Crippen molar-refractivity contribution in [3.63, 3.8) is 0 Å². The fourth-order valence-corrected chi connectivity index (χ4v) is 4.22. The lowest BCUT2D eigenvalue weighted by molar-refractivity contribution is -0.116. The Hall–Kier alpha value is -3.32. The van der Waals surface area contributed by atoms with Crippen LogP contribution in [0, 0.1) is 6.92 Å². The third-order valence-electron chi connectivity index (χ3n) is 4.56. The normalized spacial score (nSPS) is 12.1. The number of hydrogen-bond donors (Lipinski definition) is 1. The number of para-hydroxylation sites is 2. The molecule has 0 aromatic heterocycles. The van der Waals surface area contributed by atoms with Crippen molar-refractivity contribution in [2.75, 3.05) is 15.9 Å². The zero-order chi connectivity index (χ0) is 21.7. The van der Waals surface area contributed by atoms with Gasteiger partial charge in [-0.05, 0) is 61.9 Å². The van der Waals surface area contributed by atoms with Crippen LogP contribution in [0.5, 0.6) is 11.5 Å². The molecule has 0 bridgehead atoms. The fraction of sp³-hybridized carbons (Fsp3) is 0.174. The molecule has 30 heavy (non-hydrogen) atoms. The highest BCUT2D eigenvalue weighted by Crippen LogP contribution is 2.27. The highest BCUT2D eigenvalue weighted by molar-refractivity contribution is 7.92. The molecule has 0 heterocycles. The molecule has 0 fully saturated rings. The topological polar surface area (TPSA) is 75.7 Å². The zero-order valence-corrected chi connectivity index (χ0v) is 17.9. The van der Waals surface area contributed by atoms with Crippen molar-refractivity contribution in [2.24, 2.45) is 0 Å². The van der Waals surface area contributed by atoms with E-state index in [0.29, 0.717) is 22.9 Å². The number of hydrogen-bond acceptors (Lipinski definition) is 4. The number of carbonyl (C=O) groups excluding carboxylic acids is 1. The van der Waals surface area contributed by atoms with E-state index in [1.165, 1.54) is 0 Å². The van der Waals surface area contributed by atoms with E-state index in [1.807, 2.05) is 55.5 Å². The second-order valence-corrected chi connectivity index (χ2v) is 8.81. The highest BCUT2D eigenvalue weighted by atomic mass is 32.2. The molecule has 0 radical (unpaired) electrons. The molecule has 0 spiro atoms. The number of ether oxygens (including phenoxy) is 1. The summed E-state index contributed by atoms with van der Waals surface area (Å²) in [6.07, 6.45) is 1.08. The maximum atomic E-state index is 12.8. The second-order valence-electron chi connectivity index (χ2n) is 6.95. The van der Waals surface area contributed by atoms with Gasteiger partial charge < -0.3 is 10.1 Å². The Morgan fingerprint density at radius 2 is 1.47 bits per heavy atom. The molecular formula is C23H24N2O4S. The van der Waals surface area contributed by atoms with Crippen LogP contribution in [0.25, 0.3) is 0 Å². The molecule has 7 heteroatoms. The molecule has 1 atom stereocenters. The van der Waals surface area contributed by atoms with Gasteiger partial charge in [0.25, 0.3) is 0 Å². The second kappa shape index (κ2) is 9.00. The summed E-state index contributed by atoms with van der Waals surface area (Å²) in [5, 5.41) is 2.81. The van der Waals surface area contributed by atoms with Gasteiger partial charge in [-0.25, -0.2) is 8.42 Å². The first-order valence-electron chi connectivity index (χ1n) is 9.44. The van der Waals surface area contributed by atoms with Gasteiger partial charge in [-0.3, -0.25) is 9.10 Å². The van der Waals surface area contributed by atoms with Gasteiger partial charge in [0.2, 0.25) is 15.9 Å². The molecule has 6 nitrogen and oxygen atoms in total. The lowest BCUT2D eigenvalue weighted by Gasteiger charge is -2.28. The van der Waals surface area contributed by atoms with Crippen LogP contribution in [-0.2, 0) is 14.8 Å². The van der Waals surface area contributed by atoms with Crippen LogP contribution in [0.15, 0.2) is 78.9 Å². The molecule has 3 aromatic carbocycles. The van der Waals surface area contributed by atoms with Crippen molar-refractivity contribution in [1.82, 2.24) is 0 Å². The Morgan fingerprint density at radius 3 is 2.07 bits per heavy atom. The van der Waals surface area contributed by atoms with Crippen LogP contribution in [-0.4, -0.2) is 26.6 Å². The van der Waals surface area contributed by atoms with Crippen LogP contribution in [0.1, 0.15) is 12.5 Å². The molecule has 0 aliphatic rings. The third kappa shape index (κ3) is 5.18. The number of rotatable bonds is 7. The smallest absolute Gasteiger partial charge is 0.248 e. The van der Waals surface area contributed by atoms with E-state index in [1.54, 1.807) is 37.3 Å². The maximum absolute atomic E-state index is 12.8. The predicted octanol–water partition coefficient (Wildman–Crippen LogP) is 4.58. The first kappa shape index (κ1) is 21.4. The zero-order valence-electron chi connectivity index (χ0n) is 17.1. The molecule has 0 aliphatic heterocycles. The SMILES string of the molecule is Cc1ccccc1NC(=O)[C@@H](C)N(c1ccc(Oc2ccccc2)cc1)S(C)(=O)=O. The van der Waals surface area contributed by atoms with Crippen molar-refractivity contribution in [2.45, 2.75) is 19.9 Å². The van der Waals surface area contributed by atoms with Gasteiger partial charge >= 0.3 is 0 Å². The summed E-state index contributed by atoms with van der Waals surface area (Å²) in [6, 6.07) is 22.3. The monoisotopic (exact) mass is 424 g/mol. The van der Waals surface area contributed by atoms with Gasteiger partial charge in [0.1, 0.15) is 17.5 Å². The fourth-order valence-electron chi connectivity index (χ4n) is 3.04. The number of nitrogens with one attached hydrogen (secondary N) is 1. The molecule has 1 N–H and O–H groups in total. The molecule has 0 aliphatic carbocycles. The molecule has 1 amide bonds. The predicted molar refractivity (Wildman–Crippen MR) is 120 cm³/mol. The molecule has 0 saturated carbocycles. The van der Waals surface area contributed by atoms with Crippen LogP contribution < -0.4 is 14.4 Å². The van der Waals surface area contributed by atoms with Crippen molar-refractivity contribution < 1.29 is 17.9 Å². The average Bonchev–Trinajstić information content (AvgIpc) is 2.71. The van der Waals surface area contributed by atoms with Gasteiger partial charge in [0.05, 0.1) is 11.9 Å². The van der Waals surface area contributed by atoms with E-state index >= 15 is 0 Å². The average molecular weight is 425 g/mol. The standard InChI is InChI=1S/C23H24N2O4S/c1-17-9-7-8-12-22(17)24-23(26)18(2)25(30(3,27)28)19-13-15-21(16-14-19)29-20-10-5-4-6-11-20/h4-16,18H,1-3H3,(H,24,26)/t18-/m1/s1. The van der Waals surface area contributed by atoms with Crippen LogP contribution in [0.3, 0.4) is 0 Å². The Bertz CT molecular complexity index is 1110. The minimum Gasteiger partial charge on any atom is -0.457 e. The summed E-state index contributed by atoms with van der Waals surface area (Å²) >= 11 is 0. The summed E-state index contributed by atoms with van der Waals surface area (Å²) in [4.78, 5) is 12.8. The van der Waals surface area contributed by atoms with Crippen LogP contribution in [0.2, 0.25) is 0 Å². The number of amides is 1. The summed E-state index contributed by atoms with van der Waals surface area (Å²) in [5.74, 6) is 0.825. The molecule has 0 saturated heterocycles. The van der Waals surface area contributed by atoms with Crippen LogP contribution >= 0.6 is 0 Å². The molecule has 0 unspecified atom stereocenters. The van der Waals surface area contributed by atoms with Gasteiger partial charge in [0, 0.05) is 5.69 Å². The summed E-state index contributed by atoms with van der Waals surface area (Å²) in [7, 11) is -3.70. The van der Waals surface area contributed by atoms with E-state index in [0.717, 1.165) is 16.1 Å². The first-order chi connectivity index (χ1) is 14.3. The molecule has 3 rings (SSSR count). The highest BCUT2D eigenvalue weighted by Gasteiger charge is 2.29. The van der Waals surface area contributed by atoms with E-state index in [2.05, 4.69) is 5.32 Å². The summed E-state index contributed by atoms with van der Waals surface area (Å²) < 4.78 is 31.8. The van der Waals surface area contributed by atoms with E-state index in [4.69, 9.17) is 4.74 Å². The number of nitrogens with zero attached hydrogens (tertiary/aromatic N) is 1. The minimum atomic E-state index is -3.70. The third-order valence-corrected chi connectivity index (χ3v) is 5.80. The molecule has 156 valence electrons. The number of anilines is 2. The Labute approximate surface area is 177 Å². The quantitative estimate of drug-likeness (QED) is 0.602. The number of sulfonamides is 1. The number of carbonyl (C=O) groups is 1. The largest absolute Gasteiger partial charge is 0.457 e. The minimum absolute atomic E-state index is 0.380. The molecular weight excluding hydrogens is 400 g/mol. The van der Waals surface area contributed by atoms with Crippen molar-refractivity contribution >= 4 is 27.3 Å². The Morgan fingerprint density at radius 1 is 0.900 bits per heavy atom. The van der Waals surface area contributed by atoms with Crippen molar-refractivity contribution in [3.05, 3.63) is 84.4 Å². The number of aryl methyl sites for hydroxylation is 1. The van der Waals surface area contributed by atoms with Gasteiger partial charge in [0.15, 0.2) is 0 Å². The Balaban J connectivity index is 1.82. The summed E-state index contributed by atoms with van der Waals surface area (Å²) in [6.45, 7) is 3.43. The van der Waals surface area contributed by atoms with Crippen molar-refractivity contribution in [1.29, 1.82) is 0 Å². The first-order valence-corrected chi connectivity index (χ1v) is 11.3. The number of benzene rings is 3. The van der Waals surface area contributed by atoms with Crippen LogP contribution in [0.4, 0.5) is 11.4 Å². The molecule has 3 aromatic rings. The van der Waals surface area contributed by atoms with E-state index in [9.17, 15) is 13.2 Å². The maximum Gasteiger partial charge on any atom is 0.248 e. The summed E-state index contributed by atoms with van der Waals surface area (Å²) in [5.41, 5.74) is 1.92. The van der Waals surface area contributed by atoms with Gasteiger partial charge in [-0.2, -0.15) is 0 Å². The van der Waals surface area contributed by atoms with E-state index < -0.39 is 22.0 Å². The Kier molecular flexibility index (Phi) is 6.42. The van der Waals surface area contributed by atoms with E-state index in [-0.39, 0.29) is 0 Å².